The fourth-order valence-electron chi connectivity index (χ4n) is 2.18. The van der Waals surface area contributed by atoms with E-state index in [4.69, 9.17) is 4.52 Å². The van der Waals surface area contributed by atoms with Crippen LogP contribution in [0.4, 0.5) is 0 Å². The summed E-state index contributed by atoms with van der Waals surface area (Å²) in [5.74, 6) is 0.451. The number of amides is 1. The average molecular weight is 364 g/mol. The van der Waals surface area contributed by atoms with Gasteiger partial charge in [0.1, 0.15) is 5.69 Å². The van der Waals surface area contributed by atoms with Gasteiger partial charge >= 0.3 is 0 Å². The van der Waals surface area contributed by atoms with Crippen LogP contribution >= 0.6 is 11.3 Å². The van der Waals surface area contributed by atoms with Gasteiger partial charge in [-0.25, -0.2) is 4.98 Å². The van der Waals surface area contributed by atoms with Crippen molar-refractivity contribution in [3.05, 3.63) is 65.0 Å². The number of carbonyl (C=O) groups is 1. The molecule has 1 amide bonds. The van der Waals surface area contributed by atoms with E-state index in [-0.39, 0.29) is 11.8 Å². The second-order valence-electron chi connectivity index (χ2n) is 5.24. The van der Waals surface area contributed by atoms with E-state index in [1.165, 1.54) is 11.3 Å². The molecule has 4 aromatic heterocycles. The second kappa shape index (κ2) is 7.19. The summed E-state index contributed by atoms with van der Waals surface area (Å²) in [4.78, 5) is 28.7. The highest BCUT2D eigenvalue weighted by molar-refractivity contribution is 7.12. The van der Waals surface area contributed by atoms with Crippen molar-refractivity contribution in [2.45, 2.75) is 6.54 Å². The maximum Gasteiger partial charge on any atom is 0.280 e. The highest BCUT2D eigenvalue weighted by Crippen LogP contribution is 2.23. The summed E-state index contributed by atoms with van der Waals surface area (Å²) in [6, 6.07) is 7.25. The maximum atomic E-state index is 12.2. The number of hydrogen-bond acceptors (Lipinski definition) is 8. The van der Waals surface area contributed by atoms with E-state index in [0.29, 0.717) is 23.1 Å². The lowest BCUT2D eigenvalue weighted by Gasteiger charge is -2.02. The molecule has 26 heavy (non-hydrogen) atoms. The highest BCUT2D eigenvalue weighted by Gasteiger charge is 2.17. The molecule has 4 heterocycles. The van der Waals surface area contributed by atoms with Crippen molar-refractivity contribution in [2.24, 2.45) is 0 Å². The van der Waals surface area contributed by atoms with Gasteiger partial charge in [-0.2, -0.15) is 4.98 Å². The predicted octanol–water partition coefficient (Wildman–Crippen LogP) is 2.58. The van der Waals surface area contributed by atoms with Crippen LogP contribution in [0.2, 0.25) is 0 Å². The summed E-state index contributed by atoms with van der Waals surface area (Å²) < 4.78 is 5.25. The Morgan fingerprint density at radius 1 is 1.04 bits per heavy atom. The Balaban J connectivity index is 1.46. The van der Waals surface area contributed by atoms with E-state index >= 15 is 0 Å². The fourth-order valence-corrected chi connectivity index (χ4v) is 2.89. The number of nitrogens with zero attached hydrogens (tertiary/aromatic N) is 5. The summed E-state index contributed by atoms with van der Waals surface area (Å²) in [6.07, 6.45) is 6.66. The second-order valence-corrected chi connectivity index (χ2v) is 6.09. The molecule has 0 unspecified atom stereocenters. The van der Waals surface area contributed by atoms with Gasteiger partial charge in [-0.1, -0.05) is 5.16 Å². The van der Waals surface area contributed by atoms with Crippen LogP contribution in [0.1, 0.15) is 15.4 Å². The summed E-state index contributed by atoms with van der Waals surface area (Å²) in [5.41, 5.74) is 2.22. The summed E-state index contributed by atoms with van der Waals surface area (Å²) in [5, 5.41) is 8.80. The molecule has 1 N–H and O–H groups in total. The van der Waals surface area contributed by atoms with Gasteiger partial charge < -0.3 is 9.84 Å². The zero-order chi connectivity index (χ0) is 17.8. The van der Waals surface area contributed by atoms with Crippen LogP contribution in [0.15, 0.2) is 59.0 Å². The van der Waals surface area contributed by atoms with Gasteiger partial charge in [0.2, 0.25) is 5.82 Å². The van der Waals surface area contributed by atoms with Crippen LogP contribution in [0.3, 0.4) is 0 Å². The molecule has 128 valence electrons. The molecule has 8 nitrogen and oxygen atoms in total. The van der Waals surface area contributed by atoms with E-state index in [0.717, 1.165) is 11.1 Å². The van der Waals surface area contributed by atoms with Crippen molar-refractivity contribution in [1.29, 1.82) is 0 Å². The molecule has 0 aliphatic carbocycles. The van der Waals surface area contributed by atoms with E-state index in [2.05, 4.69) is 30.4 Å². The Morgan fingerprint density at radius 2 is 1.77 bits per heavy atom. The van der Waals surface area contributed by atoms with Crippen molar-refractivity contribution >= 4 is 17.2 Å². The molecule has 0 saturated heterocycles. The van der Waals surface area contributed by atoms with E-state index in [1.807, 2.05) is 12.1 Å². The minimum atomic E-state index is -0.257. The number of hydrogen-bond donors (Lipinski definition) is 1. The number of pyridine rings is 2. The van der Waals surface area contributed by atoms with Crippen LogP contribution in [-0.4, -0.2) is 31.0 Å². The first-order valence-electron chi connectivity index (χ1n) is 7.67. The fraction of sp³-hybridized carbons (Fsp3) is 0.0588. The van der Waals surface area contributed by atoms with Crippen LogP contribution in [0.25, 0.3) is 23.0 Å². The third-order valence-electron chi connectivity index (χ3n) is 3.48. The van der Waals surface area contributed by atoms with Crippen LogP contribution in [0, 0.1) is 0 Å². The Hall–Kier alpha value is -3.46. The van der Waals surface area contributed by atoms with E-state index in [1.54, 1.807) is 42.3 Å². The lowest BCUT2D eigenvalue weighted by atomic mass is 10.2. The van der Waals surface area contributed by atoms with Gasteiger partial charge in [-0.15, -0.1) is 11.3 Å². The summed E-state index contributed by atoms with van der Waals surface area (Å²) >= 11 is 1.22. The van der Waals surface area contributed by atoms with E-state index in [9.17, 15) is 4.79 Å². The number of thiazole rings is 1. The van der Waals surface area contributed by atoms with Gasteiger partial charge in [0.05, 0.1) is 0 Å². The lowest BCUT2D eigenvalue weighted by molar-refractivity contribution is 0.0950. The summed E-state index contributed by atoms with van der Waals surface area (Å²) in [6.45, 7) is 0.406. The van der Waals surface area contributed by atoms with Crippen molar-refractivity contribution in [3.8, 4) is 23.0 Å². The molecular formula is C17H12N6O2S. The third kappa shape index (κ3) is 3.47. The first kappa shape index (κ1) is 16.0. The van der Waals surface area contributed by atoms with Crippen molar-refractivity contribution in [3.63, 3.8) is 0 Å². The standard InChI is InChI=1S/C17H12N6O2S/c24-15(20-9-11-1-5-18-6-2-11)17-21-13(10-26-17)16-22-14(23-25-16)12-3-7-19-8-4-12/h1-8,10H,9H2,(H,20,24). The van der Waals surface area contributed by atoms with Crippen LogP contribution in [-0.2, 0) is 6.54 Å². The molecular weight excluding hydrogens is 352 g/mol. The normalized spacial score (nSPS) is 10.6. The van der Waals surface area contributed by atoms with Gasteiger partial charge in [-0.05, 0) is 29.8 Å². The minimum absolute atomic E-state index is 0.257. The van der Waals surface area contributed by atoms with Crippen LogP contribution < -0.4 is 5.32 Å². The van der Waals surface area contributed by atoms with Crippen molar-refractivity contribution < 1.29 is 9.32 Å². The molecule has 0 aliphatic heterocycles. The number of nitrogens with one attached hydrogen (secondary N) is 1. The molecule has 4 rings (SSSR count). The molecule has 4 aromatic rings. The number of aromatic nitrogens is 5. The Labute approximate surface area is 152 Å². The predicted molar refractivity (Wildman–Crippen MR) is 94.0 cm³/mol. The van der Waals surface area contributed by atoms with Crippen molar-refractivity contribution in [2.75, 3.05) is 0 Å². The minimum Gasteiger partial charge on any atom is -0.346 e. The number of rotatable bonds is 5. The quantitative estimate of drug-likeness (QED) is 0.580. The highest BCUT2D eigenvalue weighted by atomic mass is 32.1. The van der Waals surface area contributed by atoms with Gasteiger partial charge in [0.25, 0.3) is 11.8 Å². The zero-order valence-corrected chi connectivity index (χ0v) is 14.2. The third-order valence-corrected chi connectivity index (χ3v) is 4.33. The largest absolute Gasteiger partial charge is 0.346 e. The molecule has 0 atom stereocenters. The van der Waals surface area contributed by atoms with Gasteiger partial charge in [0.15, 0.2) is 5.01 Å². The lowest BCUT2D eigenvalue weighted by Crippen LogP contribution is -2.22. The first-order chi connectivity index (χ1) is 12.8. The summed E-state index contributed by atoms with van der Waals surface area (Å²) in [7, 11) is 0. The Kier molecular flexibility index (Phi) is 4.44. The Bertz CT molecular complexity index is 1020. The molecule has 0 saturated carbocycles. The first-order valence-corrected chi connectivity index (χ1v) is 8.54. The average Bonchev–Trinajstić information content (AvgIpc) is 3.37. The molecule has 0 aliphatic rings. The number of carbonyl (C=O) groups excluding carboxylic acids is 1. The Morgan fingerprint density at radius 3 is 2.54 bits per heavy atom. The molecule has 0 radical (unpaired) electrons. The smallest absolute Gasteiger partial charge is 0.280 e. The molecule has 0 spiro atoms. The van der Waals surface area contributed by atoms with E-state index < -0.39 is 0 Å². The molecule has 0 bridgehead atoms. The van der Waals surface area contributed by atoms with Crippen LogP contribution in [0.5, 0.6) is 0 Å². The molecule has 9 heteroatoms. The molecule has 0 fully saturated rings. The maximum absolute atomic E-state index is 12.2. The topological polar surface area (TPSA) is 107 Å². The van der Waals surface area contributed by atoms with Gasteiger partial charge in [-0.3, -0.25) is 14.8 Å². The van der Waals surface area contributed by atoms with Gasteiger partial charge in [0, 0.05) is 42.3 Å². The zero-order valence-electron chi connectivity index (χ0n) is 13.4. The molecule has 0 aromatic carbocycles. The monoisotopic (exact) mass is 364 g/mol. The van der Waals surface area contributed by atoms with Crippen molar-refractivity contribution in [1.82, 2.24) is 30.4 Å². The SMILES string of the molecule is O=C(NCc1ccncc1)c1nc(-c2nc(-c3ccncc3)no2)cs1.